The van der Waals surface area contributed by atoms with Gasteiger partial charge in [-0.2, -0.15) is 0 Å². The summed E-state index contributed by atoms with van der Waals surface area (Å²) >= 11 is 0. The molecule has 0 fully saturated rings. The average Bonchev–Trinajstić information content (AvgIpc) is 2.82. The van der Waals surface area contributed by atoms with Crippen LogP contribution in [-0.2, 0) is 23.0 Å². The number of fused-ring (bicyclic) bond motifs is 1. The second-order valence-electron chi connectivity index (χ2n) is 9.02. The molecule has 0 saturated heterocycles. The first-order valence-electron chi connectivity index (χ1n) is 11.3. The number of benzene rings is 2. The Labute approximate surface area is 200 Å². The van der Waals surface area contributed by atoms with Crippen molar-refractivity contribution in [1.29, 1.82) is 0 Å². The van der Waals surface area contributed by atoms with Crippen LogP contribution in [0.3, 0.4) is 0 Å². The molecule has 2 N–H and O–H groups in total. The highest BCUT2D eigenvalue weighted by Crippen LogP contribution is 2.39. The van der Waals surface area contributed by atoms with Crippen molar-refractivity contribution in [2.24, 2.45) is 0 Å². The van der Waals surface area contributed by atoms with E-state index in [1.807, 2.05) is 63.2 Å². The number of carbonyl (C=O) groups excluding carboxylic acids is 1. The molecule has 1 amide bonds. The van der Waals surface area contributed by atoms with Gasteiger partial charge >= 0.3 is 0 Å². The van der Waals surface area contributed by atoms with Crippen LogP contribution in [-0.4, -0.2) is 24.9 Å². The van der Waals surface area contributed by atoms with Crippen LogP contribution >= 0.6 is 0 Å². The molecule has 1 atom stereocenters. The number of ether oxygens (including phenoxy) is 1. The van der Waals surface area contributed by atoms with Crippen LogP contribution in [0.15, 0.2) is 71.8 Å². The first-order valence-corrected chi connectivity index (χ1v) is 12.8. The molecule has 0 aliphatic carbocycles. The minimum atomic E-state index is -3.79. The van der Waals surface area contributed by atoms with Crippen molar-refractivity contribution in [2.75, 3.05) is 0 Å². The van der Waals surface area contributed by atoms with Gasteiger partial charge in [0.25, 0.3) is 5.91 Å². The predicted molar refractivity (Wildman–Crippen MR) is 130 cm³/mol. The van der Waals surface area contributed by atoms with Crippen LogP contribution < -0.4 is 14.8 Å². The van der Waals surface area contributed by atoms with Crippen molar-refractivity contribution >= 4 is 15.9 Å². The van der Waals surface area contributed by atoms with Crippen molar-refractivity contribution in [1.82, 2.24) is 15.0 Å². The normalized spacial score (nSPS) is 16.9. The van der Waals surface area contributed by atoms with E-state index < -0.39 is 21.7 Å². The van der Waals surface area contributed by atoms with Gasteiger partial charge in [-0.15, -0.1) is 0 Å². The van der Waals surface area contributed by atoms with Crippen molar-refractivity contribution in [3.8, 4) is 5.88 Å². The average molecular weight is 480 g/mol. The van der Waals surface area contributed by atoms with E-state index in [1.165, 1.54) is 6.20 Å². The van der Waals surface area contributed by atoms with E-state index in [1.54, 1.807) is 18.2 Å². The zero-order chi connectivity index (χ0) is 24.3. The van der Waals surface area contributed by atoms with Gasteiger partial charge in [0.2, 0.25) is 15.9 Å². The highest BCUT2D eigenvalue weighted by Gasteiger charge is 2.37. The number of hydrogen-bond acceptors (Lipinski definition) is 5. The summed E-state index contributed by atoms with van der Waals surface area (Å²) in [5.74, 6) is 0.0330. The van der Waals surface area contributed by atoms with E-state index in [0.717, 1.165) is 17.5 Å². The number of pyridine rings is 1. The molecule has 0 saturated carbocycles. The Kier molecular flexibility index (Phi) is 6.72. The Morgan fingerprint density at radius 1 is 1.09 bits per heavy atom. The van der Waals surface area contributed by atoms with Crippen molar-refractivity contribution < 1.29 is 17.9 Å². The number of amides is 1. The van der Waals surface area contributed by atoms with E-state index >= 15 is 0 Å². The molecule has 1 aliphatic rings. The molecule has 8 heteroatoms. The second kappa shape index (κ2) is 9.56. The number of aryl methyl sites for hydroxylation is 1. The first kappa shape index (κ1) is 23.9. The zero-order valence-corrected chi connectivity index (χ0v) is 20.4. The lowest BCUT2D eigenvalue weighted by molar-refractivity contribution is 0.0640. The van der Waals surface area contributed by atoms with E-state index in [9.17, 15) is 13.2 Å². The summed E-state index contributed by atoms with van der Waals surface area (Å²) in [6.07, 6.45) is 2.68. The largest absolute Gasteiger partial charge is 0.471 e. The molecule has 1 aromatic heterocycles. The molecule has 1 aliphatic heterocycles. The van der Waals surface area contributed by atoms with Crippen LogP contribution in [0.2, 0.25) is 0 Å². The van der Waals surface area contributed by atoms with Gasteiger partial charge in [0.15, 0.2) is 0 Å². The highest BCUT2D eigenvalue weighted by atomic mass is 32.2. The molecule has 178 valence electrons. The topological polar surface area (TPSA) is 97.4 Å². The SMILES string of the molecule is CCc1ccc(S(=O)(=O)N[C@H]2CC(C)(C)Oc3ncc(C(=O)NCc4ccccc4)cc32)cc1. The molecule has 0 radical (unpaired) electrons. The fourth-order valence-electron chi connectivity index (χ4n) is 3.98. The number of nitrogens with zero attached hydrogens (tertiary/aromatic N) is 1. The van der Waals surface area contributed by atoms with Crippen LogP contribution in [0.4, 0.5) is 0 Å². The fraction of sp³-hybridized carbons (Fsp3) is 0.308. The molecule has 3 aromatic rings. The smallest absolute Gasteiger partial charge is 0.253 e. The fourth-order valence-corrected chi connectivity index (χ4v) is 5.19. The summed E-state index contributed by atoms with van der Waals surface area (Å²) in [6.45, 7) is 6.17. The Hall–Kier alpha value is -3.23. The number of sulfonamides is 1. The Balaban J connectivity index is 1.58. The number of nitrogens with one attached hydrogen (secondary N) is 2. The molecule has 7 nitrogen and oxygen atoms in total. The molecular weight excluding hydrogens is 450 g/mol. The third-order valence-corrected chi connectivity index (χ3v) is 7.31. The quantitative estimate of drug-likeness (QED) is 0.531. The molecule has 0 spiro atoms. The number of rotatable bonds is 7. The van der Waals surface area contributed by atoms with E-state index in [0.29, 0.717) is 30.0 Å². The monoisotopic (exact) mass is 479 g/mol. The summed E-state index contributed by atoms with van der Waals surface area (Å²) in [5, 5.41) is 2.88. The Bertz CT molecular complexity index is 1270. The molecular formula is C26H29N3O4S. The summed E-state index contributed by atoms with van der Waals surface area (Å²) in [7, 11) is -3.79. The minimum Gasteiger partial charge on any atom is -0.471 e. The highest BCUT2D eigenvalue weighted by molar-refractivity contribution is 7.89. The third-order valence-electron chi connectivity index (χ3n) is 5.82. The molecule has 34 heavy (non-hydrogen) atoms. The summed E-state index contributed by atoms with van der Waals surface area (Å²) in [5.41, 5.74) is 2.30. The van der Waals surface area contributed by atoms with Crippen molar-refractivity contribution in [3.05, 3.63) is 89.1 Å². The maximum absolute atomic E-state index is 13.1. The molecule has 4 rings (SSSR count). The van der Waals surface area contributed by atoms with Gasteiger partial charge in [0, 0.05) is 24.7 Å². The van der Waals surface area contributed by atoms with Gasteiger partial charge in [-0.25, -0.2) is 18.1 Å². The molecule has 0 unspecified atom stereocenters. The van der Waals surface area contributed by atoms with Gasteiger partial charge < -0.3 is 10.1 Å². The number of hydrogen-bond donors (Lipinski definition) is 2. The number of aromatic nitrogens is 1. The first-order chi connectivity index (χ1) is 16.2. The van der Waals surface area contributed by atoms with E-state index in [-0.39, 0.29) is 10.8 Å². The lowest BCUT2D eigenvalue weighted by atomic mass is 9.91. The molecule has 2 heterocycles. The Morgan fingerprint density at radius 2 is 1.79 bits per heavy atom. The Morgan fingerprint density at radius 3 is 2.47 bits per heavy atom. The van der Waals surface area contributed by atoms with Gasteiger partial charge in [0.1, 0.15) is 5.60 Å². The van der Waals surface area contributed by atoms with Crippen LogP contribution in [0.1, 0.15) is 60.3 Å². The maximum Gasteiger partial charge on any atom is 0.253 e. The van der Waals surface area contributed by atoms with Gasteiger partial charge in [-0.3, -0.25) is 4.79 Å². The van der Waals surface area contributed by atoms with E-state index in [4.69, 9.17) is 4.74 Å². The number of carbonyl (C=O) groups is 1. The zero-order valence-electron chi connectivity index (χ0n) is 19.5. The van der Waals surface area contributed by atoms with Crippen molar-refractivity contribution in [3.63, 3.8) is 0 Å². The maximum atomic E-state index is 13.1. The van der Waals surface area contributed by atoms with E-state index in [2.05, 4.69) is 15.0 Å². The van der Waals surface area contributed by atoms with Gasteiger partial charge in [-0.1, -0.05) is 49.4 Å². The van der Waals surface area contributed by atoms with Crippen LogP contribution in [0, 0.1) is 0 Å². The third kappa shape index (κ3) is 5.46. The standard InChI is InChI=1S/C26H29N3O4S/c1-4-18-10-12-21(13-11-18)34(31,32)29-23-15-26(2,3)33-25-22(23)14-20(17-28-25)24(30)27-16-19-8-6-5-7-9-19/h5-14,17,23,29H,4,15-16H2,1-3H3,(H,27,30)/t23-/m0/s1. The summed E-state index contributed by atoms with van der Waals surface area (Å²) in [4.78, 5) is 17.3. The summed E-state index contributed by atoms with van der Waals surface area (Å²) in [6, 6.07) is 17.5. The van der Waals surface area contributed by atoms with Crippen molar-refractivity contribution in [2.45, 2.75) is 56.7 Å². The second-order valence-corrected chi connectivity index (χ2v) is 10.7. The lowest BCUT2D eigenvalue weighted by Crippen LogP contribution is -2.41. The van der Waals surface area contributed by atoms with Crippen LogP contribution in [0.25, 0.3) is 0 Å². The minimum absolute atomic E-state index is 0.195. The molecule has 0 bridgehead atoms. The lowest BCUT2D eigenvalue weighted by Gasteiger charge is -2.37. The van der Waals surface area contributed by atoms with Gasteiger partial charge in [-0.05, 0) is 49.6 Å². The van der Waals surface area contributed by atoms with Gasteiger partial charge in [0.05, 0.1) is 16.5 Å². The van der Waals surface area contributed by atoms with Crippen LogP contribution in [0.5, 0.6) is 5.88 Å². The predicted octanol–water partition coefficient (Wildman–Crippen LogP) is 4.15. The molecule has 2 aromatic carbocycles. The summed E-state index contributed by atoms with van der Waals surface area (Å²) < 4.78 is 35.1.